The van der Waals surface area contributed by atoms with Crippen molar-refractivity contribution in [3.63, 3.8) is 0 Å². The van der Waals surface area contributed by atoms with E-state index in [0.29, 0.717) is 5.54 Å². The molecule has 0 radical (unpaired) electrons. The lowest BCUT2D eigenvalue weighted by molar-refractivity contribution is 0.0189. The molecular formula is C15H28N2. The third kappa shape index (κ3) is 2.39. The molecule has 1 saturated heterocycles. The number of hydrogen-bond donors (Lipinski definition) is 1. The van der Waals surface area contributed by atoms with Gasteiger partial charge in [0.2, 0.25) is 0 Å². The summed E-state index contributed by atoms with van der Waals surface area (Å²) in [6.07, 6.45) is 8.67. The lowest BCUT2D eigenvalue weighted by atomic mass is 9.82. The molecule has 2 nitrogen and oxygen atoms in total. The second-order valence-corrected chi connectivity index (χ2v) is 6.88. The van der Waals surface area contributed by atoms with Crippen LogP contribution in [0, 0.1) is 11.8 Å². The highest BCUT2D eigenvalue weighted by Crippen LogP contribution is 2.37. The zero-order chi connectivity index (χ0) is 11.9. The van der Waals surface area contributed by atoms with Crippen LogP contribution < -0.4 is 5.32 Å². The Kier molecular flexibility index (Phi) is 3.20. The van der Waals surface area contributed by atoms with E-state index < -0.39 is 0 Å². The molecule has 0 aromatic rings. The number of nitrogens with one attached hydrogen (secondary N) is 1. The van der Waals surface area contributed by atoms with Crippen LogP contribution in [-0.4, -0.2) is 36.1 Å². The summed E-state index contributed by atoms with van der Waals surface area (Å²) in [5.74, 6) is 2.01. The zero-order valence-electron chi connectivity index (χ0n) is 11.5. The Balaban J connectivity index is 1.63. The van der Waals surface area contributed by atoms with Crippen molar-refractivity contribution >= 4 is 0 Å². The van der Waals surface area contributed by atoms with Crippen molar-refractivity contribution in [1.29, 1.82) is 0 Å². The minimum absolute atomic E-state index is 0.418. The SMILES string of the molecule is CCC1(C)CNC(C2CC2)CN1CC1CCC1. The Bertz CT molecular complexity index is 270. The van der Waals surface area contributed by atoms with Crippen molar-refractivity contribution in [3.05, 3.63) is 0 Å². The van der Waals surface area contributed by atoms with Crippen LogP contribution in [0.25, 0.3) is 0 Å². The predicted octanol–water partition coefficient (Wildman–Crippen LogP) is 2.64. The highest BCUT2D eigenvalue weighted by molar-refractivity contribution is 5.00. The van der Waals surface area contributed by atoms with Gasteiger partial charge in [0.25, 0.3) is 0 Å². The average molecular weight is 236 g/mol. The summed E-state index contributed by atoms with van der Waals surface area (Å²) >= 11 is 0. The Morgan fingerprint density at radius 1 is 1.24 bits per heavy atom. The first-order chi connectivity index (χ1) is 8.21. The van der Waals surface area contributed by atoms with Crippen LogP contribution in [0.15, 0.2) is 0 Å². The molecule has 0 spiro atoms. The van der Waals surface area contributed by atoms with Crippen LogP contribution in [0.4, 0.5) is 0 Å². The molecule has 1 N–H and O–H groups in total. The molecule has 0 amide bonds. The van der Waals surface area contributed by atoms with Crippen molar-refractivity contribution in [3.8, 4) is 0 Å². The maximum Gasteiger partial charge on any atom is 0.0304 e. The molecule has 0 aromatic carbocycles. The van der Waals surface area contributed by atoms with E-state index in [4.69, 9.17) is 0 Å². The second-order valence-electron chi connectivity index (χ2n) is 6.88. The van der Waals surface area contributed by atoms with E-state index in [1.807, 2.05) is 0 Å². The highest BCUT2D eigenvalue weighted by atomic mass is 15.3. The predicted molar refractivity (Wildman–Crippen MR) is 72.1 cm³/mol. The summed E-state index contributed by atoms with van der Waals surface area (Å²) in [6, 6.07) is 0.801. The van der Waals surface area contributed by atoms with Gasteiger partial charge >= 0.3 is 0 Å². The molecule has 2 unspecified atom stereocenters. The topological polar surface area (TPSA) is 15.3 Å². The summed E-state index contributed by atoms with van der Waals surface area (Å²) < 4.78 is 0. The first-order valence-corrected chi connectivity index (χ1v) is 7.70. The molecule has 0 aromatic heterocycles. The largest absolute Gasteiger partial charge is 0.311 e. The molecule has 17 heavy (non-hydrogen) atoms. The van der Waals surface area contributed by atoms with E-state index in [9.17, 15) is 0 Å². The summed E-state index contributed by atoms with van der Waals surface area (Å²) in [5, 5.41) is 3.82. The first-order valence-electron chi connectivity index (χ1n) is 7.70. The fourth-order valence-electron chi connectivity index (χ4n) is 3.43. The fraction of sp³-hybridized carbons (Fsp3) is 1.00. The Labute approximate surface area is 106 Å². The van der Waals surface area contributed by atoms with E-state index in [1.165, 1.54) is 58.2 Å². The molecule has 3 rings (SSSR count). The van der Waals surface area contributed by atoms with Crippen LogP contribution in [0.3, 0.4) is 0 Å². The van der Waals surface area contributed by atoms with Crippen LogP contribution in [0.1, 0.15) is 52.4 Å². The van der Waals surface area contributed by atoms with Crippen LogP contribution >= 0.6 is 0 Å². The second kappa shape index (κ2) is 4.55. The third-order valence-electron chi connectivity index (χ3n) is 5.58. The van der Waals surface area contributed by atoms with Gasteiger partial charge in [0, 0.05) is 31.2 Å². The molecule has 2 atom stereocenters. The molecule has 3 aliphatic rings. The molecule has 2 heteroatoms. The maximum absolute atomic E-state index is 3.82. The molecule has 2 aliphatic carbocycles. The smallest absolute Gasteiger partial charge is 0.0304 e. The van der Waals surface area contributed by atoms with Gasteiger partial charge in [0.1, 0.15) is 0 Å². The minimum Gasteiger partial charge on any atom is -0.311 e. The third-order valence-corrected chi connectivity index (χ3v) is 5.58. The van der Waals surface area contributed by atoms with Gasteiger partial charge in [0.05, 0.1) is 0 Å². The minimum atomic E-state index is 0.418. The summed E-state index contributed by atoms with van der Waals surface area (Å²) in [7, 11) is 0. The maximum atomic E-state index is 3.82. The molecule has 2 saturated carbocycles. The van der Waals surface area contributed by atoms with E-state index >= 15 is 0 Å². The van der Waals surface area contributed by atoms with Gasteiger partial charge in [-0.25, -0.2) is 0 Å². The molecule has 3 fully saturated rings. The van der Waals surface area contributed by atoms with Crippen molar-refractivity contribution in [1.82, 2.24) is 10.2 Å². The van der Waals surface area contributed by atoms with Crippen molar-refractivity contribution in [2.75, 3.05) is 19.6 Å². The van der Waals surface area contributed by atoms with Gasteiger partial charge in [-0.1, -0.05) is 13.3 Å². The Morgan fingerprint density at radius 2 is 2.00 bits per heavy atom. The van der Waals surface area contributed by atoms with Crippen molar-refractivity contribution in [2.45, 2.75) is 64.0 Å². The molecule has 1 aliphatic heterocycles. The standard InChI is InChI=1S/C15H28N2/c1-3-15(2)11-16-14(13-7-8-13)10-17(15)9-12-5-4-6-12/h12-14,16H,3-11H2,1-2H3. The van der Waals surface area contributed by atoms with Crippen molar-refractivity contribution in [2.24, 2.45) is 11.8 Å². The Morgan fingerprint density at radius 3 is 2.53 bits per heavy atom. The normalized spacial score (nSPS) is 40.2. The Hall–Kier alpha value is -0.0800. The van der Waals surface area contributed by atoms with Gasteiger partial charge in [-0.05, 0) is 50.9 Å². The van der Waals surface area contributed by atoms with Crippen LogP contribution in [-0.2, 0) is 0 Å². The number of hydrogen-bond acceptors (Lipinski definition) is 2. The van der Waals surface area contributed by atoms with Crippen molar-refractivity contribution < 1.29 is 0 Å². The first kappa shape index (κ1) is 12.0. The van der Waals surface area contributed by atoms with Gasteiger partial charge < -0.3 is 5.32 Å². The van der Waals surface area contributed by atoms with E-state index in [2.05, 4.69) is 24.1 Å². The van der Waals surface area contributed by atoms with Crippen LogP contribution in [0.5, 0.6) is 0 Å². The molecule has 1 heterocycles. The molecule has 0 bridgehead atoms. The van der Waals surface area contributed by atoms with Gasteiger partial charge in [-0.2, -0.15) is 0 Å². The van der Waals surface area contributed by atoms with Gasteiger partial charge in [-0.15, -0.1) is 0 Å². The van der Waals surface area contributed by atoms with E-state index in [1.54, 1.807) is 0 Å². The number of rotatable bonds is 4. The summed E-state index contributed by atoms with van der Waals surface area (Å²) in [6.45, 7) is 8.70. The number of piperazine rings is 1. The monoisotopic (exact) mass is 236 g/mol. The molecular weight excluding hydrogens is 208 g/mol. The summed E-state index contributed by atoms with van der Waals surface area (Å²) in [4.78, 5) is 2.83. The van der Waals surface area contributed by atoms with Crippen LogP contribution in [0.2, 0.25) is 0 Å². The fourth-order valence-corrected chi connectivity index (χ4v) is 3.43. The summed E-state index contributed by atoms with van der Waals surface area (Å²) in [5.41, 5.74) is 0.418. The average Bonchev–Trinajstić information content (AvgIpc) is 3.09. The van der Waals surface area contributed by atoms with Gasteiger partial charge in [0.15, 0.2) is 0 Å². The van der Waals surface area contributed by atoms with Gasteiger partial charge in [-0.3, -0.25) is 4.90 Å². The molecule has 98 valence electrons. The van der Waals surface area contributed by atoms with E-state index in [-0.39, 0.29) is 0 Å². The van der Waals surface area contributed by atoms with E-state index in [0.717, 1.165) is 17.9 Å². The lowest BCUT2D eigenvalue weighted by Gasteiger charge is -2.50. The lowest BCUT2D eigenvalue weighted by Crippen LogP contribution is -2.64. The quantitative estimate of drug-likeness (QED) is 0.807. The number of nitrogens with zero attached hydrogens (tertiary/aromatic N) is 1. The zero-order valence-corrected chi connectivity index (χ0v) is 11.5. The highest BCUT2D eigenvalue weighted by Gasteiger charge is 2.42.